The molecule has 1 aliphatic heterocycles. The van der Waals surface area contributed by atoms with E-state index in [-0.39, 0.29) is 17.5 Å². The highest BCUT2D eigenvalue weighted by atomic mass is 32.2. The fourth-order valence-corrected chi connectivity index (χ4v) is 4.85. The minimum Gasteiger partial charge on any atom is -0.497 e. The summed E-state index contributed by atoms with van der Waals surface area (Å²) in [5.41, 5.74) is 1.96. The van der Waals surface area contributed by atoms with Crippen molar-refractivity contribution in [2.75, 3.05) is 34.4 Å². The summed E-state index contributed by atoms with van der Waals surface area (Å²) in [6.07, 6.45) is 0. The van der Waals surface area contributed by atoms with Gasteiger partial charge in [-0.25, -0.2) is 8.42 Å². The Kier molecular flexibility index (Phi) is 5.74. The Morgan fingerprint density at radius 2 is 1.89 bits per heavy atom. The number of aryl methyl sites for hydroxylation is 1. The maximum atomic E-state index is 13.4. The largest absolute Gasteiger partial charge is 0.497 e. The molecule has 27 heavy (non-hydrogen) atoms. The molecule has 0 spiro atoms. The van der Waals surface area contributed by atoms with Crippen LogP contribution in [0.25, 0.3) is 0 Å². The zero-order valence-electron chi connectivity index (χ0n) is 16.2. The third-order valence-electron chi connectivity index (χ3n) is 4.62. The molecule has 1 heterocycles. The Labute approximate surface area is 161 Å². The number of hydrogen-bond acceptors (Lipinski definition) is 5. The number of rotatable bonds is 5. The van der Waals surface area contributed by atoms with E-state index in [0.29, 0.717) is 18.9 Å². The summed E-state index contributed by atoms with van der Waals surface area (Å²) >= 11 is 0. The van der Waals surface area contributed by atoms with Crippen molar-refractivity contribution in [2.45, 2.75) is 24.4 Å². The smallest absolute Gasteiger partial charge is 0.243 e. The lowest BCUT2D eigenvalue weighted by Gasteiger charge is -2.30. The van der Waals surface area contributed by atoms with Gasteiger partial charge < -0.3 is 14.4 Å². The van der Waals surface area contributed by atoms with Crippen molar-refractivity contribution >= 4 is 10.0 Å². The van der Waals surface area contributed by atoms with Crippen LogP contribution in [-0.4, -0.2) is 58.0 Å². The van der Waals surface area contributed by atoms with Gasteiger partial charge in [0, 0.05) is 18.7 Å². The van der Waals surface area contributed by atoms with Gasteiger partial charge in [0.25, 0.3) is 0 Å². The Morgan fingerprint density at radius 1 is 1.19 bits per heavy atom. The number of methoxy groups -OCH3 is 1. The highest BCUT2D eigenvalue weighted by Crippen LogP contribution is 2.30. The molecule has 2 aromatic carbocycles. The van der Waals surface area contributed by atoms with Gasteiger partial charge in [-0.2, -0.15) is 4.31 Å². The lowest BCUT2D eigenvalue weighted by Crippen LogP contribution is -2.47. The first-order valence-electron chi connectivity index (χ1n) is 8.84. The van der Waals surface area contributed by atoms with Gasteiger partial charge in [-0.1, -0.05) is 17.7 Å². The highest BCUT2D eigenvalue weighted by molar-refractivity contribution is 7.89. The maximum absolute atomic E-state index is 13.4. The molecule has 0 bridgehead atoms. The van der Waals surface area contributed by atoms with E-state index in [4.69, 9.17) is 9.47 Å². The lowest BCUT2D eigenvalue weighted by atomic mass is 10.1. The molecule has 3 rings (SSSR count). The summed E-state index contributed by atoms with van der Waals surface area (Å²) in [6.45, 7) is 3.15. The number of ether oxygens (including phenoxy) is 2. The Morgan fingerprint density at radius 3 is 2.52 bits per heavy atom. The molecule has 1 atom stereocenters. The van der Waals surface area contributed by atoms with Crippen molar-refractivity contribution in [3.05, 3.63) is 53.6 Å². The number of benzene rings is 2. The van der Waals surface area contributed by atoms with Gasteiger partial charge in [0.2, 0.25) is 10.0 Å². The van der Waals surface area contributed by atoms with Crippen molar-refractivity contribution in [3.8, 4) is 11.5 Å². The van der Waals surface area contributed by atoms with Crippen LogP contribution in [0.15, 0.2) is 47.4 Å². The molecule has 2 aromatic rings. The van der Waals surface area contributed by atoms with Crippen LogP contribution in [0.4, 0.5) is 0 Å². The van der Waals surface area contributed by atoms with Crippen molar-refractivity contribution in [1.29, 1.82) is 0 Å². The number of fused-ring (bicyclic) bond motifs is 1. The van der Waals surface area contributed by atoms with Crippen LogP contribution in [0.5, 0.6) is 11.5 Å². The van der Waals surface area contributed by atoms with E-state index < -0.39 is 10.0 Å². The first kappa shape index (κ1) is 19.7. The fraction of sp³-hybridized carbons (Fsp3) is 0.400. The van der Waals surface area contributed by atoms with Crippen LogP contribution in [-0.2, 0) is 16.6 Å². The predicted octanol–water partition coefficient (Wildman–Crippen LogP) is 2.52. The van der Waals surface area contributed by atoms with E-state index in [9.17, 15) is 8.42 Å². The van der Waals surface area contributed by atoms with E-state index in [1.807, 2.05) is 44.1 Å². The van der Waals surface area contributed by atoms with Gasteiger partial charge in [0.15, 0.2) is 0 Å². The molecule has 0 amide bonds. The Bertz CT molecular complexity index is 895. The van der Waals surface area contributed by atoms with E-state index >= 15 is 0 Å². The van der Waals surface area contributed by atoms with Crippen molar-refractivity contribution in [3.63, 3.8) is 0 Å². The third-order valence-corrected chi connectivity index (χ3v) is 6.54. The summed E-state index contributed by atoms with van der Waals surface area (Å²) in [4.78, 5) is 2.23. The molecule has 0 aromatic heterocycles. The summed E-state index contributed by atoms with van der Waals surface area (Å²) in [5, 5.41) is 0. The zero-order valence-corrected chi connectivity index (χ0v) is 17.0. The summed E-state index contributed by atoms with van der Waals surface area (Å²) in [6, 6.07) is 12.1. The first-order valence-corrected chi connectivity index (χ1v) is 10.3. The van der Waals surface area contributed by atoms with Crippen LogP contribution in [0.1, 0.15) is 11.1 Å². The second kappa shape index (κ2) is 7.88. The molecule has 0 saturated carbocycles. The molecule has 0 unspecified atom stereocenters. The van der Waals surface area contributed by atoms with E-state index in [1.54, 1.807) is 35.7 Å². The second-order valence-electron chi connectivity index (χ2n) is 7.06. The van der Waals surface area contributed by atoms with Crippen LogP contribution in [0.2, 0.25) is 0 Å². The normalized spacial score (nSPS) is 17.9. The lowest BCUT2D eigenvalue weighted by molar-refractivity contribution is 0.184. The molecule has 0 aliphatic carbocycles. The first-order chi connectivity index (χ1) is 12.8. The van der Waals surface area contributed by atoms with Gasteiger partial charge in [-0.3, -0.25) is 0 Å². The minimum atomic E-state index is -3.69. The van der Waals surface area contributed by atoms with Crippen LogP contribution >= 0.6 is 0 Å². The van der Waals surface area contributed by atoms with Gasteiger partial charge in [-0.15, -0.1) is 0 Å². The summed E-state index contributed by atoms with van der Waals surface area (Å²) < 4.78 is 39.5. The Hall–Kier alpha value is -2.09. The minimum absolute atomic E-state index is 0.253. The average Bonchev–Trinajstić information content (AvgIpc) is 2.81. The summed E-state index contributed by atoms with van der Waals surface area (Å²) in [5.74, 6) is 1.37. The second-order valence-corrected chi connectivity index (χ2v) is 8.95. The molecule has 146 valence electrons. The molecule has 6 nitrogen and oxygen atoms in total. The maximum Gasteiger partial charge on any atom is 0.243 e. The van der Waals surface area contributed by atoms with Gasteiger partial charge in [0.1, 0.15) is 18.1 Å². The molecule has 0 radical (unpaired) electrons. The van der Waals surface area contributed by atoms with Gasteiger partial charge in [-0.05, 0) is 51.4 Å². The predicted molar refractivity (Wildman–Crippen MR) is 105 cm³/mol. The van der Waals surface area contributed by atoms with Crippen molar-refractivity contribution < 1.29 is 17.9 Å². The topological polar surface area (TPSA) is 59.1 Å². The third kappa shape index (κ3) is 4.26. The van der Waals surface area contributed by atoms with E-state index in [0.717, 1.165) is 16.9 Å². The highest BCUT2D eigenvalue weighted by Gasteiger charge is 2.35. The molecule has 0 fully saturated rings. The number of likely N-dealkylation sites (N-methyl/N-ethyl adjacent to an activating group) is 1. The fourth-order valence-electron chi connectivity index (χ4n) is 3.27. The molecule has 0 N–H and O–H groups in total. The molecular weight excluding hydrogens is 364 g/mol. The number of nitrogens with zero attached hydrogens (tertiary/aromatic N) is 2. The van der Waals surface area contributed by atoms with Crippen molar-refractivity contribution in [2.24, 2.45) is 0 Å². The number of sulfonamides is 1. The molecule has 1 aliphatic rings. The van der Waals surface area contributed by atoms with E-state index in [2.05, 4.69) is 0 Å². The monoisotopic (exact) mass is 390 g/mol. The van der Waals surface area contributed by atoms with Crippen LogP contribution in [0.3, 0.4) is 0 Å². The standard InChI is InChI=1S/C20H26N2O4S/c1-15-5-10-20-16(11-15)12-22(17(14-26-20)13-21(2)3)27(23,24)19-8-6-18(25-4)7-9-19/h5-11,17H,12-14H2,1-4H3/t17-/m0/s1. The SMILES string of the molecule is COc1ccc(S(=O)(=O)N2Cc3cc(C)ccc3OC[C@@H]2CN(C)C)cc1. The summed E-state index contributed by atoms with van der Waals surface area (Å²) in [7, 11) is 1.73. The molecule has 7 heteroatoms. The van der Waals surface area contributed by atoms with Gasteiger partial charge in [0.05, 0.1) is 18.0 Å². The zero-order chi connectivity index (χ0) is 19.6. The molecule has 0 saturated heterocycles. The van der Waals surface area contributed by atoms with Crippen molar-refractivity contribution in [1.82, 2.24) is 9.21 Å². The molecular formula is C20H26N2O4S. The van der Waals surface area contributed by atoms with Gasteiger partial charge >= 0.3 is 0 Å². The number of hydrogen-bond donors (Lipinski definition) is 0. The Balaban J connectivity index is 2.02. The quantitative estimate of drug-likeness (QED) is 0.785. The van der Waals surface area contributed by atoms with Crippen LogP contribution < -0.4 is 9.47 Å². The average molecular weight is 391 g/mol. The van der Waals surface area contributed by atoms with E-state index in [1.165, 1.54) is 0 Å². The van der Waals surface area contributed by atoms with Crippen LogP contribution in [0, 0.1) is 6.92 Å².